The minimum absolute atomic E-state index is 0.164. The number of rotatable bonds is 3. The Morgan fingerprint density at radius 1 is 0.806 bits per heavy atom. The fraction of sp³-hybridized carbons (Fsp3) is 0.0370. The molecule has 5 rings (SSSR count). The average molecular weight is 406 g/mol. The summed E-state index contributed by atoms with van der Waals surface area (Å²) in [4.78, 5) is 23.9. The fourth-order valence-corrected chi connectivity index (χ4v) is 3.97. The maximum absolute atomic E-state index is 12.0. The summed E-state index contributed by atoms with van der Waals surface area (Å²) in [6.45, 7) is 2.04. The van der Waals surface area contributed by atoms with Gasteiger partial charge in [0.2, 0.25) is 0 Å². The summed E-state index contributed by atoms with van der Waals surface area (Å²) >= 11 is 0. The van der Waals surface area contributed by atoms with E-state index in [-0.39, 0.29) is 11.0 Å². The Labute approximate surface area is 178 Å². The maximum atomic E-state index is 12.0. The Hall–Kier alpha value is -4.18. The number of carboxylic acids is 1. The number of carbonyl (C=O) groups is 1. The standard InChI is InChI=1S/C27H18O4/c1-16-6-8-17(9-7-16)18-10-12-22-24(14-18)31-25-15-19(28)11-13-23(25)26(22)20-4-2-3-5-21(20)27(29)30/h2-15H,1H3,(H,29,30). The van der Waals surface area contributed by atoms with E-state index in [0.29, 0.717) is 22.5 Å². The molecule has 150 valence electrons. The number of benzene rings is 4. The van der Waals surface area contributed by atoms with Crippen LogP contribution in [-0.4, -0.2) is 11.1 Å². The van der Waals surface area contributed by atoms with E-state index < -0.39 is 5.97 Å². The van der Waals surface area contributed by atoms with E-state index in [9.17, 15) is 14.7 Å². The van der Waals surface area contributed by atoms with Crippen molar-refractivity contribution in [2.45, 2.75) is 6.92 Å². The third-order valence-electron chi connectivity index (χ3n) is 5.50. The molecule has 0 amide bonds. The van der Waals surface area contributed by atoms with Gasteiger partial charge in [-0.25, -0.2) is 4.79 Å². The van der Waals surface area contributed by atoms with E-state index in [1.165, 1.54) is 17.7 Å². The van der Waals surface area contributed by atoms with Crippen molar-refractivity contribution in [2.24, 2.45) is 0 Å². The summed E-state index contributed by atoms with van der Waals surface area (Å²) in [5.74, 6) is -0.578. The quantitative estimate of drug-likeness (QED) is 0.360. The summed E-state index contributed by atoms with van der Waals surface area (Å²) in [7, 11) is 0. The van der Waals surface area contributed by atoms with Crippen molar-refractivity contribution in [3.63, 3.8) is 0 Å². The van der Waals surface area contributed by atoms with Gasteiger partial charge in [-0.15, -0.1) is 0 Å². The average Bonchev–Trinajstić information content (AvgIpc) is 2.77. The highest BCUT2D eigenvalue weighted by Crippen LogP contribution is 2.42. The summed E-state index contributed by atoms with van der Waals surface area (Å²) < 4.78 is 6.13. The van der Waals surface area contributed by atoms with Crippen molar-refractivity contribution in [3.05, 3.63) is 106 Å². The van der Waals surface area contributed by atoms with E-state index in [0.717, 1.165) is 22.1 Å². The van der Waals surface area contributed by atoms with Gasteiger partial charge >= 0.3 is 5.97 Å². The highest BCUT2D eigenvalue weighted by Gasteiger charge is 2.21. The number of hydrogen-bond donors (Lipinski definition) is 1. The van der Waals surface area contributed by atoms with Crippen LogP contribution in [-0.2, 0) is 0 Å². The first-order chi connectivity index (χ1) is 15.0. The van der Waals surface area contributed by atoms with Crippen LogP contribution in [0.3, 0.4) is 0 Å². The second-order valence-electron chi connectivity index (χ2n) is 7.56. The minimum atomic E-state index is -1.01. The SMILES string of the molecule is Cc1ccc(-c2ccc3c(-c4ccccc4C(=O)O)c4ccc(=O)cc-4oc3c2)cc1. The third kappa shape index (κ3) is 3.28. The fourth-order valence-electron chi connectivity index (χ4n) is 3.97. The van der Waals surface area contributed by atoms with Gasteiger partial charge in [-0.2, -0.15) is 0 Å². The molecule has 0 saturated heterocycles. The molecule has 3 aromatic rings. The second-order valence-corrected chi connectivity index (χ2v) is 7.56. The smallest absolute Gasteiger partial charge is 0.336 e. The van der Waals surface area contributed by atoms with Crippen LogP contribution >= 0.6 is 0 Å². The molecule has 4 nitrogen and oxygen atoms in total. The van der Waals surface area contributed by atoms with E-state index in [1.807, 2.05) is 43.3 Å². The van der Waals surface area contributed by atoms with Gasteiger partial charge in [-0.05, 0) is 53.9 Å². The lowest BCUT2D eigenvalue weighted by atomic mass is 9.90. The first-order valence-corrected chi connectivity index (χ1v) is 9.91. The van der Waals surface area contributed by atoms with Crippen molar-refractivity contribution in [1.82, 2.24) is 0 Å². The molecular weight excluding hydrogens is 388 g/mol. The predicted octanol–water partition coefficient (Wildman–Crippen LogP) is 6.24. The lowest BCUT2D eigenvalue weighted by molar-refractivity contribution is 0.0697. The van der Waals surface area contributed by atoms with Gasteiger partial charge < -0.3 is 9.52 Å². The highest BCUT2D eigenvalue weighted by atomic mass is 16.4. The zero-order chi connectivity index (χ0) is 21.5. The van der Waals surface area contributed by atoms with E-state index >= 15 is 0 Å². The predicted molar refractivity (Wildman–Crippen MR) is 122 cm³/mol. The summed E-state index contributed by atoms with van der Waals surface area (Å²) in [5.41, 5.74) is 5.85. The molecule has 1 aliphatic heterocycles. The Bertz CT molecular complexity index is 1480. The molecule has 4 heteroatoms. The van der Waals surface area contributed by atoms with Gasteiger partial charge in [-0.1, -0.05) is 54.1 Å². The second kappa shape index (κ2) is 7.26. The van der Waals surface area contributed by atoms with Gasteiger partial charge in [0, 0.05) is 22.6 Å². The minimum Gasteiger partial charge on any atom is -0.478 e. The Morgan fingerprint density at radius 3 is 2.32 bits per heavy atom. The highest BCUT2D eigenvalue weighted by molar-refractivity contribution is 6.07. The van der Waals surface area contributed by atoms with Crippen LogP contribution in [0.15, 0.2) is 94.1 Å². The van der Waals surface area contributed by atoms with Crippen LogP contribution in [0.4, 0.5) is 0 Å². The van der Waals surface area contributed by atoms with Crippen molar-refractivity contribution in [1.29, 1.82) is 0 Å². The van der Waals surface area contributed by atoms with Gasteiger partial charge in [0.25, 0.3) is 0 Å². The van der Waals surface area contributed by atoms with Crippen LogP contribution in [0.2, 0.25) is 0 Å². The Balaban J connectivity index is 1.86. The third-order valence-corrected chi connectivity index (χ3v) is 5.50. The summed E-state index contributed by atoms with van der Waals surface area (Å²) in [6.07, 6.45) is 0. The molecule has 2 aliphatic rings. The lowest BCUT2D eigenvalue weighted by Crippen LogP contribution is -2.03. The monoisotopic (exact) mass is 406 g/mol. The van der Waals surface area contributed by atoms with Crippen molar-refractivity contribution in [2.75, 3.05) is 0 Å². The molecule has 0 fully saturated rings. The van der Waals surface area contributed by atoms with Crippen molar-refractivity contribution >= 4 is 16.9 Å². The molecular formula is C27H18O4. The molecule has 0 atom stereocenters. The molecule has 3 aromatic carbocycles. The van der Waals surface area contributed by atoms with Crippen molar-refractivity contribution in [3.8, 4) is 33.6 Å². The van der Waals surface area contributed by atoms with Crippen LogP contribution in [0.1, 0.15) is 15.9 Å². The number of hydrogen-bond acceptors (Lipinski definition) is 3. The van der Waals surface area contributed by atoms with Crippen LogP contribution in [0.25, 0.3) is 44.5 Å². The zero-order valence-electron chi connectivity index (χ0n) is 16.8. The normalized spacial score (nSPS) is 11.1. The zero-order valence-corrected chi connectivity index (χ0v) is 16.8. The van der Waals surface area contributed by atoms with Crippen LogP contribution < -0.4 is 5.43 Å². The number of aryl methyl sites for hydroxylation is 1. The number of fused-ring (bicyclic) bond motifs is 2. The van der Waals surface area contributed by atoms with Gasteiger partial charge in [0.05, 0.1) is 5.56 Å². The summed E-state index contributed by atoms with van der Waals surface area (Å²) in [6, 6.07) is 25.6. The number of carboxylic acid groups (broad SMARTS) is 1. The van der Waals surface area contributed by atoms with Crippen molar-refractivity contribution < 1.29 is 14.3 Å². The van der Waals surface area contributed by atoms with E-state index in [2.05, 4.69) is 12.1 Å². The largest absolute Gasteiger partial charge is 0.478 e. The molecule has 0 unspecified atom stereocenters. The molecule has 0 bridgehead atoms. The first-order valence-electron chi connectivity index (χ1n) is 9.91. The topological polar surface area (TPSA) is 67.5 Å². The molecule has 0 radical (unpaired) electrons. The molecule has 0 saturated carbocycles. The van der Waals surface area contributed by atoms with Crippen LogP contribution in [0.5, 0.6) is 0 Å². The van der Waals surface area contributed by atoms with Gasteiger partial charge in [0.1, 0.15) is 11.3 Å². The Morgan fingerprint density at radius 2 is 1.55 bits per heavy atom. The van der Waals surface area contributed by atoms with Gasteiger partial charge in [0.15, 0.2) is 5.43 Å². The van der Waals surface area contributed by atoms with E-state index in [1.54, 1.807) is 24.3 Å². The molecule has 0 aromatic heterocycles. The van der Waals surface area contributed by atoms with Gasteiger partial charge in [-0.3, -0.25) is 4.79 Å². The molecule has 31 heavy (non-hydrogen) atoms. The molecule has 1 heterocycles. The number of aromatic carboxylic acids is 1. The molecule has 0 spiro atoms. The molecule has 1 N–H and O–H groups in total. The van der Waals surface area contributed by atoms with Crippen LogP contribution in [0, 0.1) is 6.92 Å². The lowest BCUT2D eigenvalue weighted by Gasteiger charge is -2.17. The summed E-state index contributed by atoms with van der Waals surface area (Å²) in [5, 5.41) is 10.5. The first kappa shape index (κ1) is 18.8. The Kier molecular flexibility index (Phi) is 4.41. The maximum Gasteiger partial charge on any atom is 0.336 e. The van der Waals surface area contributed by atoms with E-state index in [4.69, 9.17) is 4.42 Å². The molecule has 1 aliphatic carbocycles.